The average Bonchev–Trinajstić information content (AvgIpc) is 3.65. The van der Waals surface area contributed by atoms with Gasteiger partial charge in [-0.05, 0) is 71.3 Å². The maximum absolute atomic E-state index is 12.9. The van der Waals surface area contributed by atoms with Crippen LogP contribution in [0.3, 0.4) is 0 Å². The molecule has 0 radical (unpaired) electrons. The average molecular weight is 734 g/mol. The molecule has 1 heterocycles. The van der Waals surface area contributed by atoms with Crippen LogP contribution in [-0.4, -0.2) is 69.9 Å². The van der Waals surface area contributed by atoms with Gasteiger partial charge in [0.2, 0.25) is 0 Å². The van der Waals surface area contributed by atoms with Crippen LogP contribution < -0.4 is 0 Å². The summed E-state index contributed by atoms with van der Waals surface area (Å²) >= 11 is 0. The molecule has 0 aliphatic heterocycles. The second-order valence-electron chi connectivity index (χ2n) is 15.6. The summed E-state index contributed by atoms with van der Waals surface area (Å²) in [6.07, 6.45) is 31.9. The minimum absolute atomic E-state index is 0.0219. The molecule has 1 aromatic heterocycles. The Hall–Kier alpha value is -1.93. The molecule has 0 amide bonds. The molecule has 3 atom stereocenters. The fourth-order valence-electron chi connectivity index (χ4n) is 7.17. The van der Waals surface area contributed by atoms with Crippen molar-refractivity contribution in [3.8, 4) is 0 Å². The zero-order valence-electron chi connectivity index (χ0n) is 34.7. The van der Waals surface area contributed by atoms with E-state index in [0.29, 0.717) is 26.2 Å². The lowest BCUT2D eigenvalue weighted by Gasteiger charge is -2.31. The van der Waals surface area contributed by atoms with E-state index in [2.05, 4.69) is 49.1 Å². The first-order valence-electron chi connectivity index (χ1n) is 22.1. The number of hydrogen-bond acceptors (Lipinski definition) is 7. The van der Waals surface area contributed by atoms with Gasteiger partial charge < -0.3 is 19.1 Å². The van der Waals surface area contributed by atoms with Crippen molar-refractivity contribution < 1.29 is 24.2 Å². The van der Waals surface area contributed by atoms with Gasteiger partial charge in [0.05, 0.1) is 37.5 Å². The van der Waals surface area contributed by atoms with Crippen LogP contribution in [0, 0.1) is 11.8 Å². The Morgan fingerprint density at radius 2 is 1.10 bits per heavy atom. The van der Waals surface area contributed by atoms with Crippen LogP contribution in [0.15, 0.2) is 18.7 Å². The van der Waals surface area contributed by atoms with E-state index in [9.17, 15) is 14.7 Å². The van der Waals surface area contributed by atoms with Gasteiger partial charge in [0.1, 0.15) is 0 Å². The van der Waals surface area contributed by atoms with E-state index in [1.54, 1.807) is 0 Å². The number of imidazole rings is 1. The number of hydrogen-bond donors (Lipinski definition) is 1. The second-order valence-corrected chi connectivity index (χ2v) is 15.6. The fraction of sp³-hybridized carbons (Fsp3) is 0.886. The van der Waals surface area contributed by atoms with Crippen LogP contribution in [0.25, 0.3) is 0 Å². The summed E-state index contributed by atoms with van der Waals surface area (Å²) in [6.45, 7) is 14.4. The van der Waals surface area contributed by atoms with Crippen LogP contribution in [0.2, 0.25) is 0 Å². The highest BCUT2D eigenvalue weighted by Gasteiger charge is 2.21. The van der Waals surface area contributed by atoms with Crippen molar-refractivity contribution in [1.82, 2.24) is 14.5 Å². The molecule has 0 bridgehead atoms. The number of ether oxygens (including phenoxy) is 2. The third kappa shape index (κ3) is 25.2. The first-order chi connectivity index (χ1) is 25.4. The third-order valence-corrected chi connectivity index (χ3v) is 10.7. The first-order valence-corrected chi connectivity index (χ1v) is 22.1. The van der Waals surface area contributed by atoms with Crippen molar-refractivity contribution in [2.75, 3.05) is 26.3 Å². The van der Waals surface area contributed by atoms with Gasteiger partial charge in [-0.15, -0.1) is 0 Å². The third-order valence-electron chi connectivity index (χ3n) is 10.7. The van der Waals surface area contributed by atoms with Crippen molar-refractivity contribution in [1.29, 1.82) is 0 Å². The van der Waals surface area contributed by atoms with Crippen molar-refractivity contribution in [3.63, 3.8) is 0 Å². The molecule has 1 aromatic rings. The highest BCUT2D eigenvalue weighted by molar-refractivity contribution is 5.72. The maximum atomic E-state index is 12.9. The summed E-state index contributed by atoms with van der Waals surface area (Å²) in [5.74, 6) is 0.0934. The van der Waals surface area contributed by atoms with Gasteiger partial charge >= 0.3 is 11.9 Å². The summed E-state index contributed by atoms with van der Waals surface area (Å²) in [7, 11) is 0. The van der Waals surface area contributed by atoms with Crippen LogP contribution in [0.1, 0.15) is 195 Å². The summed E-state index contributed by atoms with van der Waals surface area (Å²) in [4.78, 5) is 32.3. The molecule has 8 nitrogen and oxygen atoms in total. The van der Waals surface area contributed by atoms with Gasteiger partial charge in [-0.1, -0.05) is 130 Å². The molecule has 52 heavy (non-hydrogen) atoms. The fourth-order valence-corrected chi connectivity index (χ4v) is 7.17. The van der Waals surface area contributed by atoms with E-state index in [1.807, 2.05) is 18.7 Å². The van der Waals surface area contributed by atoms with Gasteiger partial charge in [-0.25, -0.2) is 4.98 Å². The Morgan fingerprint density at radius 1 is 0.635 bits per heavy atom. The van der Waals surface area contributed by atoms with Gasteiger partial charge in [0.25, 0.3) is 0 Å². The standard InChI is InChI=1S/C44H83N3O5/c1-6-10-14-19-27-40(26-13-9-4)43(49)52-35-25-22-30-42(48)37-47(39(5)36-46-33-31-45-38-46)32-23-17-18-24-34-51-44(50)41(28-20-15-11-7-2)29-21-16-12-8-3/h31,33,38-42,48H,6-30,32,34-37H2,1-5H3. The van der Waals surface area contributed by atoms with Crippen molar-refractivity contribution in [3.05, 3.63) is 18.7 Å². The van der Waals surface area contributed by atoms with Gasteiger partial charge in [-0.2, -0.15) is 0 Å². The zero-order chi connectivity index (χ0) is 38.1. The number of nitrogens with zero attached hydrogens (tertiary/aromatic N) is 3. The number of carbonyl (C=O) groups excluding carboxylic acids is 2. The molecule has 0 saturated carbocycles. The van der Waals surface area contributed by atoms with E-state index >= 15 is 0 Å². The summed E-state index contributed by atoms with van der Waals surface area (Å²) in [5.41, 5.74) is 0. The highest BCUT2D eigenvalue weighted by atomic mass is 16.5. The van der Waals surface area contributed by atoms with E-state index in [1.165, 1.54) is 57.8 Å². The number of aliphatic hydroxyl groups excluding tert-OH is 1. The molecule has 1 N–H and O–H groups in total. The second kappa shape index (κ2) is 33.6. The van der Waals surface area contributed by atoms with Crippen LogP contribution in [-0.2, 0) is 25.6 Å². The van der Waals surface area contributed by atoms with Crippen molar-refractivity contribution in [2.45, 2.75) is 214 Å². The minimum atomic E-state index is -0.423. The molecular weight excluding hydrogens is 650 g/mol. The quantitative estimate of drug-likeness (QED) is 0.0537. The van der Waals surface area contributed by atoms with Gasteiger partial charge in [0.15, 0.2) is 0 Å². The number of aliphatic hydroxyl groups is 1. The molecule has 0 aliphatic carbocycles. The Kier molecular flexibility index (Phi) is 31.1. The van der Waals surface area contributed by atoms with Gasteiger partial charge in [0, 0.05) is 31.5 Å². The lowest BCUT2D eigenvalue weighted by Crippen LogP contribution is -2.41. The summed E-state index contributed by atoms with van der Waals surface area (Å²) < 4.78 is 13.6. The Labute approximate surface area is 320 Å². The summed E-state index contributed by atoms with van der Waals surface area (Å²) in [5, 5.41) is 11.0. The smallest absolute Gasteiger partial charge is 0.308 e. The highest BCUT2D eigenvalue weighted by Crippen LogP contribution is 2.21. The molecule has 1 rings (SSSR count). The normalized spacial score (nSPS) is 13.5. The van der Waals surface area contributed by atoms with E-state index in [0.717, 1.165) is 109 Å². The molecule has 0 fully saturated rings. The molecule has 0 aliphatic rings. The number of rotatable bonds is 37. The SMILES string of the molecule is CCCCCCC(CCCC)C(=O)OCCCCC(O)CN(CCCCCCOC(=O)C(CCCCCC)CCCCCC)C(C)Cn1ccnc1. The monoisotopic (exact) mass is 734 g/mol. The molecule has 0 saturated heterocycles. The predicted octanol–water partition coefficient (Wildman–Crippen LogP) is 11.1. The molecule has 0 spiro atoms. The van der Waals surface area contributed by atoms with Crippen LogP contribution >= 0.6 is 0 Å². The van der Waals surface area contributed by atoms with E-state index in [-0.39, 0.29) is 29.8 Å². The largest absolute Gasteiger partial charge is 0.465 e. The number of esters is 2. The van der Waals surface area contributed by atoms with Crippen molar-refractivity contribution >= 4 is 11.9 Å². The molecule has 304 valence electrons. The first kappa shape index (κ1) is 48.1. The number of carbonyl (C=O) groups is 2. The minimum Gasteiger partial charge on any atom is -0.465 e. The van der Waals surface area contributed by atoms with Crippen molar-refractivity contribution in [2.24, 2.45) is 11.8 Å². The molecular formula is C44H83N3O5. The molecule has 3 unspecified atom stereocenters. The van der Waals surface area contributed by atoms with E-state index < -0.39 is 6.10 Å². The Balaban J connectivity index is 2.46. The molecule has 8 heteroatoms. The topological polar surface area (TPSA) is 93.9 Å². The Morgan fingerprint density at radius 3 is 1.60 bits per heavy atom. The lowest BCUT2D eigenvalue weighted by atomic mass is 9.94. The zero-order valence-corrected chi connectivity index (χ0v) is 34.7. The summed E-state index contributed by atoms with van der Waals surface area (Å²) in [6, 6.07) is 0.259. The maximum Gasteiger partial charge on any atom is 0.308 e. The Bertz CT molecular complexity index is 930. The number of unbranched alkanes of at least 4 members (excludes halogenated alkanes) is 14. The lowest BCUT2D eigenvalue weighted by molar-refractivity contribution is -0.150. The predicted molar refractivity (Wildman–Crippen MR) is 216 cm³/mol. The number of aromatic nitrogens is 2. The van der Waals surface area contributed by atoms with Gasteiger partial charge in [-0.3, -0.25) is 14.5 Å². The van der Waals surface area contributed by atoms with Crippen LogP contribution in [0.4, 0.5) is 0 Å². The molecule has 0 aromatic carbocycles. The van der Waals surface area contributed by atoms with E-state index in [4.69, 9.17) is 9.47 Å². The van der Waals surface area contributed by atoms with Crippen LogP contribution in [0.5, 0.6) is 0 Å².